The van der Waals surface area contributed by atoms with Gasteiger partial charge in [-0.3, -0.25) is 14.5 Å². The van der Waals surface area contributed by atoms with Crippen LogP contribution in [0.15, 0.2) is 0 Å². The van der Waals surface area contributed by atoms with E-state index in [0.717, 1.165) is 0 Å². The zero-order valence-corrected chi connectivity index (χ0v) is 12.6. The van der Waals surface area contributed by atoms with E-state index < -0.39 is 6.04 Å². The maximum absolute atomic E-state index is 12.2. The van der Waals surface area contributed by atoms with E-state index in [9.17, 15) is 9.59 Å². The standard InChI is InChI=1S/C13H27N3O2/c1-8(2)10(12(17)14-5)15-13(18)11(9(3)4)16(6)7/h8-11H,1-7H3,(H,14,17)(H,15,18)/t10?,11-/m0/s1. The Morgan fingerprint density at radius 2 is 1.44 bits per heavy atom. The van der Waals surface area contributed by atoms with Crippen molar-refractivity contribution in [2.24, 2.45) is 11.8 Å². The van der Waals surface area contributed by atoms with Gasteiger partial charge >= 0.3 is 0 Å². The summed E-state index contributed by atoms with van der Waals surface area (Å²) in [6.07, 6.45) is 0. The molecular weight excluding hydrogens is 230 g/mol. The highest BCUT2D eigenvalue weighted by Crippen LogP contribution is 2.09. The molecule has 0 fully saturated rings. The number of hydrogen-bond acceptors (Lipinski definition) is 3. The second-order valence-corrected chi connectivity index (χ2v) is 5.50. The summed E-state index contributed by atoms with van der Waals surface area (Å²) < 4.78 is 0. The average Bonchev–Trinajstić information content (AvgIpc) is 2.23. The molecule has 0 heterocycles. The molecule has 0 aromatic rings. The highest BCUT2D eigenvalue weighted by atomic mass is 16.2. The molecule has 1 unspecified atom stereocenters. The zero-order valence-electron chi connectivity index (χ0n) is 12.6. The third-order valence-electron chi connectivity index (χ3n) is 2.95. The van der Waals surface area contributed by atoms with Crippen LogP contribution in [0, 0.1) is 11.8 Å². The maximum Gasteiger partial charge on any atom is 0.242 e. The van der Waals surface area contributed by atoms with E-state index in [2.05, 4.69) is 10.6 Å². The van der Waals surface area contributed by atoms with Crippen molar-refractivity contribution in [3.8, 4) is 0 Å². The molecule has 0 aliphatic heterocycles. The fourth-order valence-corrected chi connectivity index (χ4v) is 2.06. The zero-order chi connectivity index (χ0) is 14.5. The van der Waals surface area contributed by atoms with Crippen LogP contribution in [0.4, 0.5) is 0 Å². The van der Waals surface area contributed by atoms with Gasteiger partial charge in [-0.1, -0.05) is 27.7 Å². The molecule has 0 aromatic carbocycles. The summed E-state index contributed by atoms with van der Waals surface area (Å²) in [7, 11) is 5.32. The van der Waals surface area contributed by atoms with Crippen molar-refractivity contribution in [1.29, 1.82) is 0 Å². The molecule has 2 N–H and O–H groups in total. The van der Waals surface area contributed by atoms with Crippen LogP contribution in [0.5, 0.6) is 0 Å². The van der Waals surface area contributed by atoms with E-state index >= 15 is 0 Å². The van der Waals surface area contributed by atoms with Crippen LogP contribution in [0.1, 0.15) is 27.7 Å². The van der Waals surface area contributed by atoms with Crippen LogP contribution in [-0.2, 0) is 9.59 Å². The van der Waals surface area contributed by atoms with Gasteiger partial charge in [-0.2, -0.15) is 0 Å². The lowest BCUT2D eigenvalue weighted by atomic mass is 9.99. The SMILES string of the molecule is CNC(=O)C(NC(=O)[C@H](C(C)C)N(C)C)C(C)C. The summed E-state index contributed by atoms with van der Waals surface area (Å²) in [6.45, 7) is 7.82. The van der Waals surface area contributed by atoms with Crippen molar-refractivity contribution >= 4 is 11.8 Å². The predicted octanol–water partition coefficient (Wildman–Crippen LogP) is 0.459. The normalized spacial score (nSPS) is 14.8. The molecule has 0 aliphatic carbocycles. The minimum Gasteiger partial charge on any atom is -0.357 e. The van der Waals surface area contributed by atoms with Crippen molar-refractivity contribution in [2.75, 3.05) is 21.1 Å². The van der Waals surface area contributed by atoms with Crippen LogP contribution >= 0.6 is 0 Å². The van der Waals surface area contributed by atoms with Gasteiger partial charge in [0.2, 0.25) is 11.8 Å². The van der Waals surface area contributed by atoms with Gasteiger partial charge in [-0.15, -0.1) is 0 Å². The lowest BCUT2D eigenvalue weighted by molar-refractivity contribution is -0.133. The molecule has 0 saturated carbocycles. The second kappa shape index (κ2) is 7.36. The van der Waals surface area contributed by atoms with Crippen molar-refractivity contribution in [3.05, 3.63) is 0 Å². The van der Waals surface area contributed by atoms with Crippen molar-refractivity contribution in [2.45, 2.75) is 39.8 Å². The van der Waals surface area contributed by atoms with E-state index in [1.807, 2.05) is 46.7 Å². The fourth-order valence-electron chi connectivity index (χ4n) is 2.06. The number of rotatable bonds is 6. The van der Waals surface area contributed by atoms with Crippen LogP contribution < -0.4 is 10.6 Å². The number of likely N-dealkylation sites (N-methyl/N-ethyl adjacent to an activating group) is 2. The van der Waals surface area contributed by atoms with Crippen molar-refractivity contribution in [1.82, 2.24) is 15.5 Å². The third kappa shape index (κ3) is 4.64. The number of hydrogen-bond donors (Lipinski definition) is 2. The summed E-state index contributed by atoms with van der Waals surface area (Å²) in [6, 6.07) is -0.709. The third-order valence-corrected chi connectivity index (χ3v) is 2.95. The van der Waals surface area contributed by atoms with E-state index in [1.165, 1.54) is 0 Å². The van der Waals surface area contributed by atoms with Crippen molar-refractivity contribution < 1.29 is 9.59 Å². The summed E-state index contributed by atoms with van der Waals surface area (Å²) >= 11 is 0. The van der Waals surface area contributed by atoms with Gasteiger partial charge in [0.05, 0.1) is 6.04 Å². The Labute approximate surface area is 110 Å². The topological polar surface area (TPSA) is 61.4 Å². The fraction of sp³-hybridized carbons (Fsp3) is 0.846. The Balaban J connectivity index is 4.82. The quantitative estimate of drug-likeness (QED) is 0.726. The average molecular weight is 257 g/mol. The van der Waals surface area contributed by atoms with Crippen LogP contribution in [0.25, 0.3) is 0 Å². The highest BCUT2D eigenvalue weighted by molar-refractivity contribution is 5.89. The lowest BCUT2D eigenvalue weighted by Crippen LogP contribution is -2.55. The number of nitrogens with one attached hydrogen (secondary N) is 2. The molecule has 0 aliphatic rings. The monoisotopic (exact) mass is 257 g/mol. The first kappa shape index (κ1) is 16.9. The Kier molecular flexibility index (Phi) is 6.91. The second-order valence-electron chi connectivity index (χ2n) is 5.50. The number of carbonyl (C=O) groups excluding carboxylic acids is 2. The molecule has 106 valence electrons. The van der Waals surface area contributed by atoms with Crippen molar-refractivity contribution in [3.63, 3.8) is 0 Å². The van der Waals surface area contributed by atoms with Gasteiger partial charge in [-0.05, 0) is 25.9 Å². The van der Waals surface area contributed by atoms with Gasteiger partial charge in [0.1, 0.15) is 6.04 Å². The van der Waals surface area contributed by atoms with Gasteiger partial charge in [0.25, 0.3) is 0 Å². The Morgan fingerprint density at radius 3 is 1.72 bits per heavy atom. The molecule has 2 amide bonds. The molecular formula is C13H27N3O2. The highest BCUT2D eigenvalue weighted by Gasteiger charge is 2.29. The minimum absolute atomic E-state index is 0.0591. The molecule has 0 spiro atoms. The molecule has 18 heavy (non-hydrogen) atoms. The molecule has 5 nitrogen and oxygen atoms in total. The van der Waals surface area contributed by atoms with E-state index in [0.29, 0.717) is 0 Å². The Morgan fingerprint density at radius 1 is 0.944 bits per heavy atom. The Hall–Kier alpha value is -1.10. The number of carbonyl (C=O) groups is 2. The van der Waals surface area contributed by atoms with Gasteiger partial charge in [0.15, 0.2) is 0 Å². The molecule has 0 rings (SSSR count). The van der Waals surface area contributed by atoms with Gasteiger partial charge in [-0.25, -0.2) is 0 Å². The maximum atomic E-state index is 12.2. The van der Waals surface area contributed by atoms with E-state index in [1.54, 1.807) is 7.05 Å². The lowest BCUT2D eigenvalue weighted by Gasteiger charge is -2.29. The summed E-state index contributed by atoms with van der Waals surface area (Å²) in [5, 5.41) is 5.42. The van der Waals surface area contributed by atoms with E-state index in [4.69, 9.17) is 0 Å². The van der Waals surface area contributed by atoms with Gasteiger partial charge in [0, 0.05) is 7.05 Å². The first-order chi connectivity index (χ1) is 8.22. The van der Waals surface area contributed by atoms with Crippen LogP contribution in [0.3, 0.4) is 0 Å². The number of amides is 2. The number of nitrogens with zero attached hydrogens (tertiary/aromatic N) is 1. The summed E-state index contributed by atoms with van der Waals surface area (Å²) in [5.74, 6) is -0.00159. The Bertz CT molecular complexity index is 280. The molecule has 2 atom stereocenters. The first-order valence-corrected chi connectivity index (χ1v) is 6.40. The smallest absolute Gasteiger partial charge is 0.242 e. The molecule has 5 heteroatoms. The predicted molar refractivity (Wildman–Crippen MR) is 73.1 cm³/mol. The first-order valence-electron chi connectivity index (χ1n) is 6.40. The molecule has 0 aromatic heterocycles. The summed E-state index contributed by atoms with van der Waals surface area (Å²) in [4.78, 5) is 25.8. The van der Waals surface area contributed by atoms with E-state index in [-0.39, 0.29) is 29.7 Å². The largest absolute Gasteiger partial charge is 0.357 e. The molecule has 0 radical (unpaired) electrons. The molecule has 0 saturated heterocycles. The minimum atomic E-state index is -0.483. The van der Waals surface area contributed by atoms with Gasteiger partial charge < -0.3 is 10.6 Å². The van der Waals surface area contributed by atoms with Crippen LogP contribution in [-0.4, -0.2) is 49.9 Å². The van der Waals surface area contributed by atoms with Crippen LogP contribution in [0.2, 0.25) is 0 Å². The molecule has 0 bridgehead atoms. The summed E-state index contributed by atoms with van der Waals surface area (Å²) in [5.41, 5.74) is 0.